The lowest BCUT2D eigenvalue weighted by molar-refractivity contribution is -0.152. The number of benzene rings is 1. The molecule has 0 bridgehead atoms. The van der Waals surface area contributed by atoms with E-state index in [1.165, 1.54) is 0 Å². The van der Waals surface area contributed by atoms with Crippen molar-refractivity contribution < 1.29 is 14.7 Å². The van der Waals surface area contributed by atoms with Crippen molar-refractivity contribution in [2.45, 2.75) is 37.8 Å². The van der Waals surface area contributed by atoms with Gasteiger partial charge in [0.1, 0.15) is 0 Å². The van der Waals surface area contributed by atoms with Crippen LogP contribution in [0.1, 0.15) is 37.3 Å². The van der Waals surface area contributed by atoms with Gasteiger partial charge in [0.15, 0.2) is 0 Å². The number of rotatable bonds is 3. The first-order chi connectivity index (χ1) is 9.18. The number of hydrogen-bond donors (Lipinski definition) is 1. The quantitative estimate of drug-likeness (QED) is 0.905. The minimum atomic E-state index is -0.799. The summed E-state index contributed by atoms with van der Waals surface area (Å²) in [6, 6.07) is 9.51. The first-order valence-corrected chi connectivity index (χ1v) is 6.77. The highest BCUT2D eigenvalue weighted by atomic mass is 16.4. The highest BCUT2D eigenvalue weighted by molar-refractivity contribution is 5.82. The molecule has 1 aromatic rings. The summed E-state index contributed by atoms with van der Waals surface area (Å²) < 4.78 is 0. The van der Waals surface area contributed by atoms with Crippen molar-refractivity contribution >= 4 is 11.9 Å². The van der Waals surface area contributed by atoms with Gasteiger partial charge in [0, 0.05) is 12.5 Å². The van der Waals surface area contributed by atoms with Gasteiger partial charge in [-0.25, -0.2) is 0 Å². The fraction of sp³-hybridized carbons (Fsp3) is 0.467. The number of likely N-dealkylation sites (tertiary alicyclic amines) is 1. The third-order valence-electron chi connectivity index (χ3n) is 4.04. The summed E-state index contributed by atoms with van der Waals surface area (Å²) in [5, 5.41) is 9.44. The number of hydrogen-bond acceptors (Lipinski definition) is 2. The summed E-state index contributed by atoms with van der Waals surface area (Å²) in [6.07, 6.45) is 2.80. The van der Waals surface area contributed by atoms with Crippen molar-refractivity contribution in [2.24, 2.45) is 5.92 Å². The van der Waals surface area contributed by atoms with Gasteiger partial charge < -0.3 is 10.0 Å². The van der Waals surface area contributed by atoms with E-state index in [0.29, 0.717) is 12.8 Å². The van der Waals surface area contributed by atoms with E-state index in [2.05, 4.69) is 0 Å². The average molecular weight is 259 g/mol. The van der Waals surface area contributed by atoms with Crippen molar-refractivity contribution in [1.82, 2.24) is 4.90 Å². The van der Waals surface area contributed by atoms with Crippen LogP contribution in [0.25, 0.3) is 0 Å². The fourth-order valence-electron chi connectivity index (χ4n) is 3.00. The zero-order valence-corrected chi connectivity index (χ0v) is 10.7. The van der Waals surface area contributed by atoms with Crippen LogP contribution in [0.15, 0.2) is 30.3 Å². The third kappa shape index (κ3) is 2.23. The number of carboxylic acids is 1. The third-order valence-corrected chi connectivity index (χ3v) is 4.04. The molecule has 19 heavy (non-hydrogen) atoms. The van der Waals surface area contributed by atoms with E-state index in [1.807, 2.05) is 35.2 Å². The Kier molecular flexibility index (Phi) is 3.01. The second-order valence-electron chi connectivity index (χ2n) is 5.37. The monoisotopic (exact) mass is 259 g/mol. The number of nitrogens with zero attached hydrogens (tertiary/aromatic N) is 1. The SMILES string of the molecule is O=C(O)[C@H]1CCC(=O)N(C2CC2)[C@@H]1c1ccccc1. The smallest absolute Gasteiger partial charge is 0.308 e. The van der Waals surface area contributed by atoms with Crippen LogP contribution in [0, 0.1) is 5.92 Å². The molecule has 1 aliphatic carbocycles. The summed E-state index contributed by atoms with van der Waals surface area (Å²) in [4.78, 5) is 25.5. The molecule has 1 heterocycles. The number of amides is 1. The molecule has 4 heteroatoms. The molecule has 4 nitrogen and oxygen atoms in total. The number of piperidine rings is 1. The molecule has 0 radical (unpaired) electrons. The zero-order valence-electron chi connectivity index (χ0n) is 10.7. The van der Waals surface area contributed by atoms with Crippen molar-refractivity contribution in [3.8, 4) is 0 Å². The van der Waals surface area contributed by atoms with Crippen LogP contribution in [-0.2, 0) is 9.59 Å². The Morgan fingerprint density at radius 1 is 1.16 bits per heavy atom. The van der Waals surface area contributed by atoms with Gasteiger partial charge in [0.05, 0.1) is 12.0 Å². The normalized spacial score (nSPS) is 27.4. The highest BCUT2D eigenvalue weighted by Crippen LogP contribution is 2.43. The summed E-state index contributed by atoms with van der Waals surface area (Å²) in [7, 11) is 0. The largest absolute Gasteiger partial charge is 0.481 e. The Bertz CT molecular complexity index is 495. The van der Waals surface area contributed by atoms with Crippen LogP contribution in [0.3, 0.4) is 0 Å². The van der Waals surface area contributed by atoms with Gasteiger partial charge in [0.2, 0.25) is 5.91 Å². The predicted octanol–water partition coefficient (Wildman–Crippen LogP) is 2.21. The Hall–Kier alpha value is -1.84. The van der Waals surface area contributed by atoms with Gasteiger partial charge in [-0.2, -0.15) is 0 Å². The molecule has 0 unspecified atom stereocenters. The van der Waals surface area contributed by atoms with Gasteiger partial charge in [-0.05, 0) is 24.8 Å². The van der Waals surface area contributed by atoms with Gasteiger partial charge >= 0.3 is 5.97 Å². The van der Waals surface area contributed by atoms with Crippen molar-refractivity contribution in [2.75, 3.05) is 0 Å². The maximum absolute atomic E-state index is 12.2. The van der Waals surface area contributed by atoms with Gasteiger partial charge in [-0.3, -0.25) is 9.59 Å². The van der Waals surface area contributed by atoms with Crippen LogP contribution in [0.4, 0.5) is 0 Å². The molecular formula is C15H17NO3. The molecule has 1 saturated carbocycles. The zero-order chi connectivity index (χ0) is 13.4. The van der Waals surface area contributed by atoms with E-state index in [1.54, 1.807) is 0 Å². The molecule has 100 valence electrons. The summed E-state index contributed by atoms with van der Waals surface area (Å²) >= 11 is 0. The summed E-state index contributed by atoms with van der Waals surface area (Å²) in [5.41, 5.74) is 0.940. The molecule has 0 spiro atoms. The maximum Gasteiger partial charge on any atom is 0.308 e. The molecule has 1 aliphatic heterocycles. The molecule has 1 aromatic carbocycles. The minimum absolute atomic E-state index is 0.105. The van der Waals surface area contributed by atoms with E-state index in [0.717, 1.165) is 18.4 Å². The fourth-order valence-corrected chi connectivity index (χ4v) is 3.00. The molecule has 2 fully saturated rings. The molecule has 1 N–H and O–H groups in total. The Morgan fingerprint density at radius 3 is 2.42 bits per heavy atom. The van der Waals surface area contributed by atoms with Crippen molar-refractivity contribution in [3.63, 3.8) is 0 Å². The van der Waals surface area contributed by atoms with Gasteiger partial charge in [0.25, 0.3) is 0 Å². The first kappa shape index (κ1) is 12.2. The van der Waals surface area contributed by atoms with Crippen LogP contribution in [-0.4, -0.2) is 27.9 Å². The maximum atomic E-state index is 12.2. The molecule has 1 amide bonds. The minimum Gasteiger partial charge on any atom is -0.481 e. The van der Waals surface area contributed by atoms with E-state index < -0.39 is 11.9 Å². The predicted molar refractivity (Wildman–Crippen MR) is 69.4 cm³/mol. The topological polar surface area (TPSA) is 57.6 Å². The second-order valence-corrected chi connectivity index (χ2v) is 5.37. The Morgan fingerprint density at radius 2 is 1.84 bits per heavy atom. The first-order valence-electron chi connectivity index (χ1n) is 6.77. The molecule has 2 aliphatic rings. The molecule has 1 saturated heterocycles. The number of carbonyl (C=O) groups excluding carboxylic acids is 1. The van der Waals surface area contributed by atoms with Crippen LogP contribution in [0.2, 0.25) is 0 Å². The lowest BCUT2D eigenvalue weighted by Gasteiger charge is -2.40. The van der Waals surface area contributed by atoms with Crippen LogP contribution >= 0.6 is 0 Å². The summed E-state index contributed by atoms with van der Waals surface area (Å²) in [6.45, 7) is 0. The second kappa shape index (κ2) is 4.68. The lowest BCUT2D eigenvalue weighted by Crippen LogP contribution is -2.46. The molecule has 3 rings (SSSR count). The Balaban J connectivity index is 2.00. The Labute approximate surface area is 112 Å². The van der Waals surface area contributed by atoms with E-state index >= 15 is 0 Å². The van der Waals surface area contributed by atoms with Crippen molar-refractivity contribution in [1.29, 1.82) is 0 Å². The molecule has 0 aromatic heterocycles. The lowest BCUT2D eigenvalue weighted by atomic mass is 9.84. The van der Waals surface area contributed by atoms with Crippen molar-refractivity contribution in [3.05, 3.63) is 35.9 Å². The van der Waals surface area contributed by atoms with E-state index in [9.17, 15) is 14.7 Å². The average Bonchev–Trinajstić information content (AvgIpc) is 3.23. The number of carbonyl (C=O) groups is 2. The number of carboxylic acid groups (broad SMARTS) is 1. The van der Waals surface area contributed by atoms with E-state index in [-0.39, 0.29) is 18.0 Å². The number of aliphatic carboxylic acids is 1. The van der Waals surface area contributed by atoms with Gasteiger partial charge in [-0.1, -0.05) is 30.3 Å². The highest BCUT2D eigenvalue weighted by Gasteiger charge is 2.46. The van der Waals surface area contributed by atoms with Gasteiger partial charge in [-0.15, -0.1) is 0 Å². The molecular weight excluding hydrogens is 242 g/mol. The van der Waals surface area contributed by atoms with E-state index in [4.69, 9.17) is 0 Å². The molecule has 2 atom stereocenters. The summed E-state index contributed by atoms with van der Waals surface area (Å²) in [5.74, 6) is -1.18. The standard InChI is InChI=1S/C15H17NO3/c17-13-9-8-12(15(18)19)14(16(13)11-6-7-11)10-4-2-1-3-5-10/h1-5,11-12,14H,6-9H2,(H,18,19)/t12-,14+/m0/s1. The van der Waals surface area contributed by atoms with Crippen LogP contribution in [0.5, 0.6) is 0 Å². The van der Waals surface area contributed by atoms with Crippen LogP contribution < -0.4 is 0 Å².